The van der Waals surface area contributed by atoms with Gasteiger partial charge in [0.15, 0.2) is 5.58 Å². The fraction of sp³-hybridized carbons (Fsp3) is 0.417. The van der Waals surface area contributed by atoms with E-state index in [1.807, 2.05) is 12.1 Å². The molecule has 0 radical (unpaired) electrons. The SMILES string of the molecule is NC1CCN(c2nc3ccc(Cl)cc3o2)CC1. The van der Waals surface area contributed by atoms with Crippen molar-refractivity contribution in [1.29, 1.82) is 0 Å². The van der Waals surface area contributed by atoms with Crippen molar-refractivity contribution in [2.45, 2.75) is 18.9 Å². The van der Waals surface area contributed by atoms with Gasteiger partial charge in [-0.15, -0.1) is 0 Å². The average Bonchev–Trinajstić information content (AvgIpc) is 2.72. The highest BCUT2D eigenvalue weighted by atomic mass is 35.5. The van der Waals surface area contributed by atoms with E-state index in [2.05, 4.69) is 9.88 Å². The van der Waals surface area contributed by atoms with E-state index < -0.39 is 0 Å². The number of fused-ring (bicyclic) bond motifs is 1. The number of benzene rings is 1. The number of halogens is 1. The van der Waals surface area contributed by atoms with E-state index in [0.29, 0.717) is 17.1 Å². The number of hydrogen-bond acceptors (Lipinski definition) is 4. The van der Waals surface area contributed by atoms with Crippen LogP contribution in [0.15, 0.2) is 22.6 Å². The number of anilines is 1. The Morgan fingerprint density at radius 2 is 2.12 bits per heavy atom. The maximum Gasteiger partial charge on any atom is 0.298 e. The molecule has 5 heteroatoms. The lowest BCUT2D eigenvalue weighted by Gasteiger charge is -2.28. The van der Waals surface area contributed by atoms with Gasteiger partial charge in [-0.25, -0.2) is 0 Å². The molecule has 0 atom stereocenters. The number of aromatic nitrogens is 1. The number of nitrogens with two attached hydrogens (primary N) is 1. The predicted molar refractivity (Wildman–Crippen MR) is 68.4 cm³/mol. The minimum atomic E-state index is 0.310. The lowest BCUT2D eigenvalue weighted by atomic mass is 10.1. The summed E-state index contributed by atoms with van der Waals surface area (Å²) in [5.74, 6) is 0. The summed E-state index contributed by atoms with van der Waals surface area (Å²) in [7, 11) is 0. The second-order valence-electron chi connectivity index (χ2n) is 4.43. The summed E-state index contributed by atoms with van der Waals surface area (Å²) in [5.41, 5.74) is 7.46. The molecule has 90 valence electrons. The summed E-state index contributed by atoms with van der Waals surface area (Å²) in [6, 6.07) is 6.48. The van der Waals surface area contributed by atoms with Crippen molar-refractivity contribution < 1.29 is 4.42 Å². The van der Waals surface area contributed by atoms with Gasteiger partial charge < -0.3 is 15.1 Å². The molecule has 1 aromatic heterocycles. The second kappa shape index (κ2) is 4.20. The maximum absolute atomic E-state index is 5.91. The highest BCUT2D eigenvalue weighted by molar-refractivity contribution is 6.31. The smallest absolute Gasteiger partial charge is 0.298 e. The molecule has 1 aliphatic rings. The van der Waals surface area contributed by atoms with Crippen molar-refractivity contribution >= 4 is 28.7 Å². The van der Waals surface area contributed by atoms with E-state index in [1.54, 1.807) is 6.07 Å². The zero-order valence-electron chi connectivity index (χ0n) is 9.40. The van der Waals surface area contributed by atoms with Crippen molar-refractivity contribution in [3.05, 3.63) is 23.2 Å². The first-order valence-corrected chi connectivity index (χ1v) is 6.17. The van der Waals surface area contributed by atoms with Gasteiger partial charge in [0.2, 0.25) is 0 Å². The van der Waals surface area contributed by atoms with Crippen LogP contribution >= 0.6 is 11.6 Å². The molecule has 2 heterocycles. The Bertz CT molecular complexity index is 532. The van der Waals surface area contributed by atoms with Crippen LogP contribution in [0.4, 0.5) is 6.01 Å². The molecule has 1 aromatic carbocycles. The first-order valence-electron chi connectivity index (χ1n) is 5.79. The fourth-order valence-electron chi connectivity index (χ4n) is 2.11. The van der Waals surface area contributed by atoms with Gasteiger partial charge >= 0.3 is 0 Å². The van der Waals surface area contributed by atoms with Gasteiger partial charge in [0.25, 0.3) is 6.01 Å². The molecule has 0 spiro atoms. The van der Waals surface area contributed by atoms with E-state index in [4.69, 9.17) is 21.8 Å². The highest BCUT2D eigenvalue weighted by Gasteiger charge is 2.20. The molecule has 1 saturated heterocycles. The van der Waals surface area contributed by atoms with Crippen molar-refractivity contribution in [3.8, 4) is 0 Å². The maximum atomic E-state index is 5.91. The van der Waals surface area contributed by atoms with Crippen LogP contribution in [0.1, 0.15) is 12.8 Å². The zero-order chi connectivity index (χ0) is 11.8. The summed E-state index contributed by atoms with van der Waals surface area (Å²) in [4.78, 5) is 6.60. The van der Waals surface area contributed by atoms with Crippen LogP contribution in [0.2, 0.25) is 5.02 Å². The number of hydrogen-bond donors (Lipinski definition) is 1. The predicted octanol–water partition coefficient (Wildman–Crippen LogP) is 2.41. The van der Waals surface area contributed by atoms with Gasteiger partial charge in [-0.05, 0) is 25.0 Å². The summed E-state index contributed by atoms with van der Waals surface area (Å²) in [6.07, 6.45) is 1.97. The van der Waals surface area contributed by atoms with Crippen molar-refractivity contribution in [1.82, 2.24) is 4.98 Å². The summed E-state index contributed by atoms with van der Waals surface area (Å²) in [6.45, 7) is 1.81. The third-order valence-corrected chi connectivity index (χ3v) is 3.38. The average molecular weight is 252 g/mol. The third kappa shape index (κ3) is 2.10. The van der Waals surface area contributed by atoms with Gasteiger partial charge in [-0.3, -0.25) is 0 Å². The van der Waals surface area contributed by atoms with Crippen LogP contribution < -0.4 is 10.6 Å². The minimum Gasteiger partial charge on any atom is -0.423 e. The van der Waals surface area contributed by atoms with E-state index in [0.717, 1.165) is 37.0 Å². The van der Waals surface area contributed by atoms with Crippen LogP contribution in [0.25, 0.3) is 11.1 Å². The first-order chi connectivity index (χ1) is 8.22. The highest BCUT2D eigenvalue weighted by Crippen LogP contribution is 2.26. The van der Waals surface area contributed by atoms with Crippen LogP contribution in [0.3, 0.4) is 0 Å². The number of rotatable bonds is 1. The molecular weight excluding hydrogens is 238 g/mol. The molecule has 0 saturated carbocycles. The van der Waals surface area contributed by atoms with E-state index in [1.165, 1.54) is 0 Å². The van der Waals surface area contributed by atoms with Crippen LogP contribution in [-0.4, -0.2) is 24.1 Å². The fourth-order valence-corrected chi connectivity index (χ4v) is 2.27. The number of oxazole rings is 1. The Morgan fingerprint density at radius 3 is 2.88 bits per heavy atom. The normalized spacial score (nSPS) is 17.9. The molecule has 0 unspecified atom stereocenters. The lowest BCUT2D eigenvalue weighted by Crippen LogP contribution is -2.39. The molecule has 2 N–H and O–H groups in total. The molecule has 4 nitrogen and oxygen atoms in total. The van der Waals surface area contributed by atoms with Crippen molar-refractivity contribution in [2.24, 2.45) is 5.73 Å². The van der Waals surface area contributed by atoms with Gasteiger partial charge in [0.05, 0.1) is 0 Å². The lowest BCUT2D eigenvalue weighted by molar-refractivity contribution is 0.466. The Kier molecular flexibility index (Phi) is 2.68. The van der Waals surface area contributed by atoms with Crippen LogP contribution in [0, 0.1) is 0 Å². The molecule has 0 bridgehead atoms. The van der Waals surface area contributed by atoms with Gasteiger partial charge in [0.1, 0.15) is 5.52 Å². The number of piperidine rings is 1. The van der Waals surface area contributed by atoms with Crippen LogP contribution in [0.5, 0.6) is 0 Å². The molecule has 1 fully saturated rings. The van der Waals surface area contributed by atoms with Gasteiger partial charge in [0, 0.05) is 30.2 Å². The van der Waals surface area contributed by atoms with Gasteiger partial charge in [-0.2, -0.15) is 4.98 Å². The van der Waals surface area contributed by atoms with E-state index in [-0.39, 0.29) is 0 Å². The molecule has 0 aliphatic carbocycles. The Morgan fingerprint density at radius 1 is 1.35 bits per heavy atom. The summed E-state index contributed by atoms with van der Waals surface area (Å²) >= 11 is 5.91. The Balaban J connectivity index is 1.90. The number of nitrogens with zero attached hydrogens (tertiary/aromatic N) is 2. The quantitative estimate of drug-likeness (QED) is 0.846. The summed E-state index contributed by atoms with van der Waals surface area (Å²) in [5, 5.41) is 0.667. The van der Waals surface area contributed by atoms with Crippen molar-refractivity contribution in [3.63, 3.8) is 0 Å². The van der Waals surface area contributed by atoms with Crippen LogP contribution in [-0.2, 0) is 0 Å². The van der Waals surface area contributed by atoms with Crippen molar-refractivity contribution in [2.75, 3.05) is 18.0 Å². The monoisotopic (exact) mass is 251 g/mol. The summed E-state index contributed by atoms with van der Waals surface area (Å²) < 4.78 is 5.71. The van der Waals surface area contributed by atoms with E-state index in [9.17, 15) is 0 Å². The Labute approximate surface area is 104 Å². The largest absolute Gasteiger partial charge is 0.423 e. The zero-order valence-corrected chi connectivity index (χ0v) is 10.2. The Hall–Kier alpha value is -1.26. The molecule has 0 amide bonds. The molecule has 2 aromatic rings. The molecule has 3 rings (SSSR count). The van der Waals surface area contributed by atoms with Gasteiger partial charge in [-0.1, -0.05) is 11.6 Å². The topological polar surface area (TPSA) is 55.3 Å². The van der Waals surface area contributed by atoms with E-state index >= 15 is 0 Å². The molecule has 1 aliphatic heterocycles. The molecular formula is C12H14ClN3O. The minimum absolute atomic E-state index is 0.310. The standard InChI is InChI=1S/C12H14ClN3O/c13-8-1-2-10-11(7-8)17-12(15-10)16-5-3-9(14)4-6-16/h1-2,7,9H,3-6,14H2. The first kappa shape index (κ1) is 10.9. The molecule has 17 heavy (non-hydrogen) atoms. The second-order valence-corrected chi connectivity index (χ2v) is 4.87. The third-order valence-electron chi connectivity index (χ3n) is 3.15.